The molecule has 4 heteroatoms. The number of rotatable bonds is 2. The second-order valence-corrected chi connectivity index (χ2v) is 7.75. The molecule has 0 radical (unpaired) electrons. The zero-order valence-electron chi connectivity index (χ0n) is 16.9. The van der Waals surface area contributed by atoms with Crippen molar-refractivity contribution in [3.05, 3.63) is 119 Å². The Morgan fingerprint density at radius 2 is 1.03 bits per heavy atom. The maximum atomic E-state index is 13.2. The summed E-state index contributed by atoms with van der Waals surface area (Å²) in [6, 6.07) is 30.0. The van der Waals surface area contributed by atoms with Crippen LogP contribution in [0.15, 0.2) is 97.1 Å². The molecule has 1 aliphatic rings. The van der Waals surface area contributed by atoms with E-state index in [2.05, 4.69) is 0 Å². The van der Waals surface area contributed by atoms with Crippen molar-refractivity contribution in [1.82, 2.24) is 9.97 Å². The van der Waals surface area contributed by atoms with E-state index in [0.717, 1.165) is 22.2 Å². The topological polar surface area (TPSA) is 59.9 Å². The van der Waals surface area contributed by atoms with Crippen molar-refractivity contribution in [2.45, 2.75) is 0 Å². The molecule has 32 heavy (non-hydrogen) atoms. The normalized spacial score (nSPS) is 12.5. The minimum Gasteiger partial charge on any atom is -0.289 e. The second kappa shape index (κ2) is 7.06. The van der Waals surface area contributed by atoms with E-state index in [1.807, 2.05) is 60.7 Å². The first kappa shape index (κ1) is 18.3. The Morgan fingerprint density at radius 3 is 1.66 bits per heavy atom. The van der Waals surface area contributed by atoms with Crippen LogP contribution in [0.3, 0.4) is 0 Å². The van der Waals surface area contributed by atoms with Crippen molar-refractivity contribution < 1.29 is 9.59 Å². The van der Waals surface area contributed by atoms with Gasteiger partial charge in [0.15, 0.2) is 17.4 Å². The van der Waals surface area contributed by atoms with Gasteiger partial charge >= 0.3 is 0 Å². The number of hydrogen-bond donors (Lipinski definition) is 0. The number of carbonyl (C=O) groups is 2. The van der Waals surface area contributed by atoms with Crippen LogP contribution in [0, 0.1) is 0 Å². The average molecular weight is 412 g/mol. The molecule has 150 valence electrons. The van der Waals surface area contributed by atoms with Gasteiger partial charge in [0, 0.05) is 38.8 Å². The summed E-state index contributed by atoms with van der Waals surface area (Å²) in [6.45, 7) is 0. The Labute approximate surface area is 184 Å². The molecule has 1 heterocycles. The zero-order valence-corrected chi connectivity index (χ0v) is 16.9. The van der Waals surface area contributed by atoms with Crippen LogP contribution >= 0.6 is 0 Å². The molecule has 0 saturated heterocycles. The quantitative estimate of drug-likeness (QED) is 0.364. The highest BCUT2D eigenvalue weighted by Gasteiger charge is 2.30. The molecule has 4 nitrogen and oxygen atoms in total. The van der Waals surface area contributed by atoms with Gasteiger partial charge < -0.3 is 0 Å². The van der Waals surface area contributed by atoms with E-state index in [1.165, 1.54) is 0 Å². The van der Waals surface area contributed by atoms with Crippen LogP contribution in [0.1, 0.15) is 31.8 Å². The summed E-state index contributed by atoms with van der Waals surface area (Å²) in [7, 11) is 0. The van der Waals surface area contributed by atoms with Crippen molar-refractivity contribution in [2.24, 2.45) is 0 Å². The Morgan fingerprint density at radius 1 is 0.500 bits per heavy atom. The van der Waals surface area contributed by atoms with E-state index in [1.54, 1.807) is 36.4 Å². The predicted molar refractivity (Wildman–Crippen MR) is 124 cm³/mol. The highest BCUT2D eigenvalue weighted by molar-refractivity contribution is 6.29. The number of carbonyl (C=O) groups excluding carboxylic acids is 2. The minimum absolute atomic E-state index is 0.150. The first-order valence-corrected chi connectivity index (χ1v) is 10.4. The van der Waals surface area contributed by atoms with Crippen molar-refractivity contribution in [2.75, 3.05) is 0 Å². The van der Waals surface area contributed by atoms with Gasteiger partial charge in [-0.1, -0.05) is 84.9 Å². The van der Waals surface area contributed by atoms with Crippen molar-refractivity contribution in [3.8, 4) is 22.6 Å². The minimum atomic E-state index is -0.154. The summed E-state index contributed by atoms with van der Waals surface area (Å²) in [5.41, 5.74) is 4.84. The molecular formula is C28H16N2O2. The SMILES string of the molecule is O=C1c2ccccc2C(=O)c2cc3c(-c4ccccc4)nc(-c4ccccc4)nc3cc21. The van der Waals surface area contributed by atoms with Gasteiger partial charge in [-0.15, -0.1) is 0 Å². The van der Waals surface area contributed by atoms with Gasteiger partial charge in [0.2, 0.25) is 0 Å². The van der Waals surface area contributed by atoms with Crippen LogP contribution in [-0.2, 0) is 0 Å². The summed E-state index contributed by atoms with van der Waals surface area (Å²) in [4.78, 5) is 36.1. The van der Waals surface area contributed by atoms with E-state index in [-0.39, 0.29) is 11.6 Å². The molecule has 4 aromatic carbocycles. The molecule has 5 aromatic rings. The number of benzene rings is 4. The lowest BCUT2D eigenvalue weighted by atomic mass is 9.83. The molecule has 1 aliphatic carbocycles. The molecule has 0 unspecified atom stereocenters. The molecular weight excluding hydrogens is 396 g/mol. The van der Waals surface area contributed by atoms with E-state index < -0.39 is 0 Å². The molecule has 0 atom stereocenters. The van der Waals surface area contributed by atoms with E-state index in [4.69, 9.17) is 9.97 Å². The lowest BCUT2D eigenvalue weighted by molar-refractivity contribution is 0.0979. The third-order valence-electron chi connectivity index (χ3n) is 5.82. The maximum Gasteiger partial charge on any atom is 0.194 e. The summed E-state index contributed by atoms with van der Waals surface area (Å²) in [6.07, 6.45) is 0. The van der Waals surface area contributed by atoms with E-state index in [0.29, 0.717) is 33.6 Å². The fourth-order valence-electron chi connectivity index (χ4n) is 4.25. The van der Waals surface area contributed by atoms with Crippen molar-refractivity contribution in [3.63, 3.8) is 0 Å². The third-order valence-corrected chi connectivity index (χ3v) is 5.82. The first-order valence-electron chi connectivity index (χ1n) is 10.4. The van der Waals surface area contributed by atoms with Crippen LogP contribution in [0.2, 0.25) is 0 Å². The van der Waals surface area contributed by atoms with Gasteiger partial charge in [-0.2, -0.15) is 0 Å². The number of aromatic nitrogens is 2. The zero-order chi connectivity index (χ0) is 21.7. The molecule has 1 aromatic heterocycles. The molecule has 0 aliphatic heterocycles. The van der Waals surface area contributed by atoms with Gasteiger partial charge in [-0.25, -0.2) is 9.97 Å². The molecule has 0 saturated carbocycles. The monoisotopic (exact) mass is 412 g/mol. The smallest absolute Gasteiger partial charge is 0.194 e. The lowest BCUT2D eigenvalue weighted by Gasteiger charge is -2.19. The van der Waals surface area contributed by atoms with Gasteiger partial charge in [0.05, 0.1) is 11.2 Å². The third kappa shape index (κ3) is 2.77. The molecule has 0 amide bonds. The number of ketones is 2. The summed E-state index contributed by atoms with van der Waals surface area (Å²) < 4.78 is 0. The fraction of sp³-hybridized carbons (Fsp3) is 0. The van der Waals surface area contributed by atoms with Gasteiger partial charge in [0.25, 0.3) is 0 Å². The molecule has 0 N–H and O–H groups in total. The maximum absolute atomic E-state index is 13.2. The van der Waals surface area contributed by atoms with Crippen LogP contribution in [0.5, 0.6) is 0 Å². The lowest BCUT2D eigenvalue weighted by Crippen LogP contribution is -2.21. The van der Waals surface area contributed by atoms with Crippen molar-refractivity contribution >= 4 is 22.5 Å². The van der Waals surface area contributed by atoms with Gasteiger partial charge in [-0.05, 0) is 12.1 Å². The number of fused-ring (bicyclic) bond motifs is 3. The summed E-state index contributed by atoms with van der Waals surface area (Å²) in [5, 5.41) is 0.746. The standard InChI is InChI=1S/C28H16N2O2/c31-26-19-13-7-8-14-20(19)27(32)22-16-24-23(15-21(22)26)25(17-9-3-1-4-10-17)30-28(29-24)18-11-5-2-6-12-18/h1-16H. The molecule has 6 rings (SSSR count). The van der Waals surface area contributed by atoms with Crippen LogP contribution in [0.4, 0.5) is 0 Å². The van der Waals surface area contributed by atoms with Gasteiger partial charge in [-0.3, -0.25) is 9.59 Å². The molecule has 0 bridgehead atoms. The highest BCUT2D eigenvalue weighted by atomic mass is 16.1. The summed E-state index contributed by atoms with van der Waals surface area (Å²) in [5.74, 6) is 0.272. The Balaban J connectivity index is 1.67. The van der Waals surface area contributed by atoms with Crippen LogP contribution in [0.25, 0.3) is 33.5 Å². The molecule has 0 spiro atoms. The van der Waals surface area contributed by atoms with Crippen molar-refractivity contribution in [1.29, 1.82) is 0 Å². The first-order chi connectivity index (χ1) is 15.7. The average Bonchev–Trinajstić information content (AvgIpc) is 2.87. The van der Waals surface area contributed by atoms with Crippen LogP contribution in [-0.4, -0.2) is 21.5 Å². The van der Waals surface area contributed by atoms with E-state index >= 15 is 0 Å². The van der Waals surface area contributed by atoms with E-state index in [9.17, 15) is 9.59 Å². The highest BCUT2D eigenvalue weighted by Crippen LogP contribution is 2.34. The van der Waals surface area contributed by atoms with Gasteiger partial charge in [0.1, 0.15) is 0 Å². The van der Waals surface area contributed by atoms with Crippen LogP contribution < -0.4 is 0 Å². The largest absolute Gasteiger partial charge is 0.289 e. The number of nitrogens with zero attached hydrogens (tertiary/aromatic N) is 2. The Hall–Kier alpha value is -4.44. The molecule has 0 fully saturated rings. The predicted octanol–water partition coefficient (Wildman–Crippen LogP) is 5.74. The Kier molecular flexibility index (Phi) is 4.05. The number of hydrogen-bond acceptors (Lipinski definition) is 4. The fourth-order valence-corrected chi connectivity index (χ4v) is 4.25. The Bertz CT molecular complexity index is 1540. The second-order valence-electron chi connectivity index (χ2n) is 7.75. The summed E-state index contributed by atoms with van der Waals surface area (Å²) >= 11 is 0.